The van der Waals surface area contributed by atoms with Crippen molar-refractivity contribution in [3.8, 4) is 11.5 Å². The first-order chi connectivity index (χ1) is 28.5. The standard InChI is InChI=1S/C43H29Cl2F3N4O8/c44-22-8-6-20(7-9-22)42-29(38(56)52(41(42)60)50-36-30(45)15-21(18-49-36)43(46,47)48)17-28-25(35(42)34-24-4-2-1-3-19(24)5-14-31(34)53)12-13-27-33(28)39(57)51(37(27)55)23-10-11-26(40(58)59)32(54)16-23/h1-12,14-16,18,27-29,33,35,53-54H,13,17H2,(H,49,50)(H,58,59)/t27-,28+,29-,33-,35+,42+/m0/s1. The van der Waals surface area contributed by atoms with Crippen molar-refractivity contribution in [1.29, 1.82) is 0 Å². The Hall–Kier alpha value is -6.45. The van der Waals surface area contributed by atoms with E-state index in [1.807, 2.05) is 0 Å². The Balaban J connectivity index is 1.25. The van der Waals surface area contributed by atoms with Gasteiger partial charge in [0.2, 0.25) is 11.8 Å². The third-order valence-corrected chi connectivity index (χ3v) is 12.8. The van der Waals surface area contributed by atoms with Crippen LogP contribution < -0.4 is 10.3 Å². The van der Waals surface area contributed by atoms with E-state index < -0.39 is 98.5 Å². The van der Waals surface area contributed by atoms with Crippen molar-refractivity contribution in [2.24, 2.45) is 23.7 Å². The van der Waals surface area contributed by atoms with E-state index >= 15 is 9.59 Å². The van der Waals surface area contributed by atoms with Crippen LogP contribution in [0, 0.1) is 23.7 Å². The van der Waals surface area contributed by atoms with Gasteiger partial charge in [-0.1, -0.05) is 77.3 Å². The van der Waals surface area contributed by atoms with Crippen LogP contribution in [0.25, 0.3) is 10.8 Å². The Kier molecular flexibility index (Phi) is 8.99. The number of rotatable bonds is 6. The second-order valence-corrected chi connectivity index (χ2v) is 16.0. The zero-order valence-electron chi connectivity index (χ0n) is 30.7. The Labute approximate surface area is 347 Å². The molecule has 6 atom stereocenters. The molecule has 5 aromatic rings. The molecule has 0 radical (unpaired) electrons. The predicted octanol–water partition coefficient (Wildman–Crippen LogP) is 7.86. The summed E-state index contributed by atoms with van der Waals surface area (Å²) in [5, 5.41) is 33.5. The van der Waals surface area contributed by atoms with Crippen LogP contribution in [0.3, 0.4) is 0 Å². The van der Waals surface area contributed by atoms with Crippen molar-refractivity contribution < 1.29 is 52.5 Å². The lowest BCUT2D eigenvalue weighted by atomic mass is 9.48. The van der Waals surface area contributed by atoms with Gasteiger partial charge in [-0.25, -0.2) is 14.7 Å². The van der Waals surface area contributed by atoms with E-state index in [1.165, 1.54) is 24.3 Å². The van der Waals surface area contributed by atoms with E-state index in [1.54, 1.807) is 48.5 Å². The number of carboxylic acids is 1. The highest BCUT2D eigenvalue weighted by atomic mass is 35.5. The summed E-state index contributed by atoms with van der Waals surface area (Å²) in [6.07, 6.45) is -2.73. The number of hydrogen-bond donors (Lipinski definition) is 4. The number of phenols is 2. The molecule has 0 bridgehead atoms. The number of hydrazine groups is 1. The van der Waals surface area contributed by atoms with E-state index in [-0.39, 0.29) is 29.8 Å². The molecular weight excluding hydrogens is 828 g/mol. The number of aromatic hydroxyl groups is 2. The number of halogens is 5. The Morgan fingerprint density at radius 3 is 2.28 bits per heavy atom. The number of carbonyl (C=O) groups is 5. The highest BCUT2D eigenvalue weighted by molar-refractivity contribution is 6.33. The maximum Gasteiger partial charge on any atom is 0.417 e. The number of aromatic nitrogens is 1. The van der Waals surface area contributed by atoms with Crippen LogP contribution in [-0.4, -0.2) is 54.9 Å². The van der Waals surface area contributed by atoms with Gasteiger partial charge in [-0.15, -0.1) is 0 Å². The summed E-state index contributed by atoms with van der Waals surface area (Å²) in [5.41, 5.74) is 0.0234. The average Bonchev–Trinajstić information content (AvgIpc) is 3.59. The largest absolute Gasteiger partial charge is 0.508 e. The minimum atomic E-state index is -4.80. The lowest BCUT2D eigenvalue weighted by molar-refractivity contribution is -0.139. The first-order valence-electron chi connectivity index (χ1n) is 18.5. The Morgan fingerprint density at radius 1 is 0.867 bits per heavy atom. The number of allylic oxidation sites excluding steroid dienone is 2. The van der Waals surface area contributed by atoms with Crippen molar-refractivity contribution >= 4 is 75.1 Å². The van der Waals surface area contributed by atoms with Gasteiger partial charge in [-0.3, -0.25) is 24.6 Å². The summed E-state index contributed by atoms with van der Waals surface area (Å²) < 4.78 is 40.7. The molecule has 12 nitrogen and oxygen atoms in total. The van der Waals surface area contributed by atoms with Crippen molar-refractivity contribution in [1.82, 2.24) is 9.99 Å². The van der Waals surface area contributed by atoms with Gasteiger partial charge in [-0.2, -0.15) is 18.2 Å². The van der Waals surface area contributed by atoms with Gasteiger partial charge in [0, 0.05) is 28.8 Å². The molecule has 3 fully saturated rings. The molecule has 0 unspecified atom stereocenters. The number of fused-ring (bicyclic) bond motifs is 5. The molecule has 2 aliphatic carbocycles. The maximum atomic E-state index is 15.5. The SMILES string of the molecule is O=C(O)c1ccc(N2C(=O)[C@H]3[C@H](CC=C4[C@H]3C[C@H]3C(=O)N(Nc5ncc(C(F)(F)F)cc5Cl)C(=O)[C@@]3(c3ccc(Cl)cc3)[C@H]4c3c(O)ccc4ccccc34)C2=O)cc1O. The van der Waals surface area contributed by atoms with Crippen molar-refractivity contribution in [3.05, 3.63) is 135 Å². The molecule has 1 saturated carbocycles. The number of benzene rings is 4. The monoisotopic (exact) mass is 856 g/mol. The molecule has 2 saturated heterocycles. The van der Waals surface area contributed by atoms with Crippen LogP contribution >= 0.6 is 23.2 Å². The van der Waals surface area contributed by atoms with Gasteiger partial charge in [-0.05, 0) is 71.5 Å². The highest BCUT2D eigenvalue weighted by Gasteiger charge is 2.71. The zero-order valence-corrected chi connectivity index (χ0v) is 32.2. The quantitative estimate of drug-likeness (QED) is 0.0971. The second-order valence-electron chi connectivity index (χ2n) is 15.2. The van der Waals surface area contributed by atoms with E-state index in [0.717, 1.165) is 17.0 Å². The van der Waals surface area contributed by atoms with E-state index in [0.29, 0.717) is 44.2 Å². The molecular formula is C43H29Cl2F3N4O8. The number of pyridine rings is 1. The number of alkyl halides is 3. The summed E-state index contributed by atoms with van der Waals surface area (Å²) in [5.74, 6) is -11.3. The molecule has 3 heterocycles. The van der Waals surface area contributed by atoms with Gasteiger partial charge >= 0.3 is 12.1 Å². The van der Waals surface area contributed by atoms with Crippen molar-refractivity contribution in [2.75, 3.05) is 10.3 Å². The molecule has 4 N–H and O–H groups in total. The number of carboxylic acid groups (broad SMARTS) is 1. The number of nitrogens with one attached hydrogen (secondary N) is 1. The maximum absolute atomic E-state index is 15.5. The molecule has 4 aromatic carbocycles. The first-order valence-corrected chi connectivity index (χ1v) is 19.3. The van der Waals surface area contributed by atoms with Crippen LogP contribution in [0.4, 0.5) is 24.7 Å². The van der Waals surface area contributed by atoms with Gasteiger partial charge in [0.05, 0.1) is 39.4 Å². The van der Waals surface area contributed by atoms with E-state index in [2.05, 4.69) is 10.4 Å². The molecule has 2 aliphatic heterocycles. The number of imide groups is 2. The summed E-state index contributed by atoms with van der Waals surface area (Å²) >= 11 is 12.6. The number of aromatic carboxylic acids is 1. The lowest BCUT2D eigenvalue weighted by Gasteiger charge is -2.51. The molecule has 17 heteroatoms. The van der Waals surface area contributed by atoms with E-state index in [9.17, 15) is 42.9 Å². The predicted molar refractivity (Wildman–Crippen MR) is 210 cm³/mol. The summed E-state index contributed by atoms with van der Waals surface area (Å²) in [7, 11) is 0. The molecule has 1 aromatic heterocycles. The number of amides is 4. The van der Waals surface area contributed by atoms with Crippen molar-refractivity contribution in [2.45, 2.75) is 30.4 Å². The lowest BCUT2D eigenvalue weighted by Crippen LogP contribution is -2.53. The number of anilines is 2. The highest BCUT2D eigenvalue weighted by Crippen LogP contribution is 2.65. The van der Waals surface area contributed by atoms with Crippen LogP contribution in [-0.2, 0) is 30.8 Å². The fourth-order valence-corrected chi connectivity index (χ4v) is 10.1. The Bertz CT molecular complexity index is 2760. The van der Waals surface area contributed by atoms with E-state index in [4.69, 9.17) is 23.2 Å². The third kappa shape index (κ3) is 5.66. The van der Waals surface area contributed by atoms with Crippen molar-refractivity contribution in [3.63, 3.8) is 0 Å². The first kappa shape index (κ1) is 39.0. The summed E-state index contributed by atoms with van der Waals surface area (Å²) in [4.78, 5) is 75.7. The number of carbonyl (C=O) groups excluding carboxylic acids is 4. The fourth-order valence-electron chi connectivity index (χ4n) is 9.78. The molecule has 9 rings (SSSR count). The topological polar surface area (TPSA) is 177 Å². The fraction of sp³-hybridized carbons (Fsp3) is 0.209. The van der Waals surface area contributed by atoms with Crippen LogP contribution in [0.2, 0.25) is 10.0 Å². The van der Waals surface area contributed by atoms with Crippen LogP contribution in [0.15, 0.2) is 103 Å². The molecule has 0 spiro atoms. The number of nitrogens with zero attached hydrogens (tertiary/aromatic N) is 3. The third-order valence-electron chi connectivity index (χ3n) is 12.3. The molecule has 304 valence electrons. The Morgan fingerprint density at radius 2 is 1.60 bits per heavy atom. The summed E-state index contributed by atoms with van der Waals surface area (Å²) in [6, 6.07) is 20.3. The number of hydrogen-bond acceptors (Lipinski definition) is 9. The zero-order chi connectivity index (χ0) is 42.6. The van der Waals surface area contributed by atoms with Gasteiger partial charge in [0.25, 0.3) is 11.8 Å². The molecule has 4 aliphatic rings. The number of phenolic OH excluding ortho intramolecular Hbond substituents is 1. The minimum absolute atomic E-state index is 0.00462. The molecule has 4 amide bonds. The molecule has 60 heavy (non-hydrogen) atoms. The average molecular weight is 858 g/mol. The normalized spacial score (nSPS) is 24.9. The summed E-state index contributed by atoms with van der Waals surface area (Å²) in [6.45, 7) is 0. The van der Waals surface area contributed by atoms with Crippen LogP contribution in [0.5, 0.6) is 11.5 Å². The van der Waals surface area contributed by atoms with Crippen LogP contribution in [0.1, 0.15) is 45.8 Å². The van der Waals surface area contributed by atoms with Gasteiger partial charge in [0.1, 0.15) is 17.1 Å². The second kappa shape index (κ2) is 13.8. The van der Waals surface area contributed by atoms with Gasteiger partial charge < -0.3 is 15.3 Å². The smallest absolute Gasteiger partial charge is 0.417 e. The minimum Gasteiger partial charge on any atom is -0.508 e. The van der Waals surface area contributed by atoms with Gasteiger partial charge in [0.15, 0.2) is 5.82 Å².